The largest absolute Gasteiger partial charge is 0.464 e. The highest BCUT2D eigenvalue weighted by Crippen LogP contribution is 2.29. The first-order chi connectivity index (χ1) is 9.18. The number of carbonyl (C=O) groups excluding carboxylic acids is 1. The lowest BCUT2D eigenvalue weighted by Gasteiger charge is -2.17. The topological polar surface area (TPSA) is 99.6 Å². The molecule has 0 fully saturated rings. The monoisotopic (exact) mass is 295 g/mol. The van der Waals surface area contributed by atoms with E-state index < -0.39 is 41.0 Å². The first kappa shape index (κ1) is 16.2. The third kappa shape index (κ3) is 3.58. The summed E-state index contributed by atoms with van der Waals surface area (Å²) in [5.74, 6) is -1.24. The van der Waals surface area contributed by atoms with Crippen LogP contribution >= 0.6 is 0 Å². The van der Waals surface area contributed by atoms with Crippen molar-refractivity contribution in [2.24, 2.45) is 0 Å². The summed E-state index contributed by atoms with van der Waals surface area (Å²) in [6.45, 7) is 1.34. The highest BCUT2D eigenvalue weighted by Gasteiger charge is 2.34. The van der Waals surface area contributed by atoms with Crippen molar-refractivity contribution in [1.82, 2.24) is 4.98 Å². The molecule has 1 aromatic rings. The zero-order valence-corrected chi connectivity index (χ0v) is 10.3. The number of aliphatic hydroxyl groups excluding tert-OH is 2. The van der Waals surface area contributed by atoms with Crippen molar-refractivity contribution >= 4 is 5.97 Å². The van der Waals surface area contributed by atoms with Crippen molar-refractivity contribution < 1.29 is 32.9 Å². The van der Waals surface area contributed by atoms with Crippen molar-refractivity contribution in [1.29, 1.82) is 0 Å². The van der Waals surface area contributed by atoms with Gasteiger partial charge in [0.15, 0.2) is 6.10 Å². The fourth-order valence-electron chi connectivity index (χ4n) is 1.41. The van der Waals surface area contributed by atoms with Gasteiger partial charge in [-0.1, -0.05) is 0 Å². The second kappa shape index (κ2) is 6.06. The molecular weight excluding hydrogens is 283 g/mol. The number of H-pyrrole nitrogens is 1. The quantitative estimate of drug-likeness (QED) is 0.696. The molecule has 1 aromatic heterocycles. The number of esters is 1. The Labute approximate surface area is 110 Å². The fourth-order valence-corrected chi connectivity index (χ4v) is 1.41. The lowest BCUT2D eigenvalue weighted by atomic mass is 10.0. The van der Waals surface area contributed by atoms with Crippen molar-refractivity contribution in [2.45, 2.75) is 25.3 Å². The van der Waals surface area contributed by atoms with E-state index in [0.717, 1.165) is 0 Å². The molecule has 0 aliphatic rings. The molecule has 0 saturated heterocycles. The summed E-state index contributed by atoms with van der Waals surface area (Å²) in [5, 5.41) is 19.0. The smallest absolute Gasteiger partial charge is 0.417 e. The van der Waals surface area contributed by atoms with Gasteiger partial charge < -0.3 is 19.9 Å². The number of pyridine rings is 1. The molecular formula is C11H12F3NO5. The summed E-state index contributed by atoms with van der Waals surface area (Å²) in [6.07, 6.45) is -8.59. The minimum atomic E-state index is -4.74. The summed E-state index contributed by atoms with van der Waals surface area (Å²) in [6, 6.07) is 0.367. The van der Waals surface area contributed by atoms with Crippen LogP contribution in [-0.4, -0.2) is 33.9 Å². The van der Waals surface area contributed by atoms with Crippen LogP contribution in [0, 0.1) is 0 Å². The van der Waals surface area contributed by atoms with Gasteiger partial charge in [-0.3, -0.25) is 4.79 Å². The Morgan fingerprint density at radius 3 is 2.55 bits per heavy atom. The number of aromatic amines is 1. The molecule has 0 spiro atoms. The molecule has 0 radical (unpaired) electrons. The summed E-state index contributed by atoms with van der Waals surface area (Å²) in [5.41, 5.74) is -3.04. The number of hydrogen-bond acceptors (Lipinski definition) is 5. The van der Waals surface area contributed by atoms with Gasteiger partial charge in [0, 0.05) is 11.8 Å². The molecule has 3 N–H and O–H groups in total. The van der Waals surface area contributed by atoms with Gasteiger partial charge >= 0.3 is 12.1 Å². The van der Waals surface area contributed by atoms with Gasteiger partial charge in [-0.15, -0.1) is 0 Å². The second-order valence-electron chi connectivity index (χ2n) is 3.81. The Bertz CT molecular complexity index is 540. The number of rotatable bonds is 4. The average Bonchev–Trinajstić information content (AvgIpc) is 2.36. The maximum absolute atomic E-state index is 12.5. The van der Waals surface area contributed by atoms with Crippen LogP contribution in [0.3, 0.4) is 0 Å². The first-order valence-corrected chi connectivity index (χ1v) is 5.51. The number of aliphatic hydroxyl groups is 2. The molecule has 0 aromatic carbocycles. The third-order valence-electron chi connectivity index (χ3n) is 2.41. The van der Waals surface area contributed by atoms with Crippen LogP contribution in [0.5, 0.6) is 0 Å². The maximum Gasteiger partial charge on any atom is 0.417 e. The number of nitrogens with one attached hydrogen (secondary N) is 1. The minimum Gasteiger partial charge on any atom is -0.464 e. The van der Waals surface area contributed by atoms with Gasteiger partial charge in [-0.05, 0) is 13.0 Å². The molecule has 6 nitrogen and oxygen atoms in total. The SMILES string of the molecule is CCOC(=O)C(O)C(O)c1cc(C(F)(F)F)c[nH]c1=O. The predicted octanol–water partition coefficient (Wildman–Crippen LogP) is 0.351. The Balaban J connectivity index is 3.12. The highest BCUT2D eigenvalue weighted by molar-refractivity contribution is 5.75. The third-order valence-corrected chi connectivity index (χ3v) is 2.41. The van der Waals surface area contributed by atoms with Crippen molar-refractivity contribution in [3.63, 3.8) is 0 Å². The molecule has 1 rings (SSSR count). The number of alkyl halides is 3. The lowest BCUT2D eigenvalue weighted by Crippen LogP contribution is -2.33. The van der Waals surface area contributed by atoms with Gasteiger partial charge in [0.2, 0.25) is 0 Å². The standard InChI is InChI=1S/C11H12F3NO5/c1-2-20-10(19)8(17)7(16)6-3-5(11(12,13)14)4-15-9(6)18/h3-4,7-8,16-17H,2H2,1H3,(H,15,18). The van der Waals surface area contributed by atoms with Gasteiger partial charge in [0.1, 0.15) is 6.10 Å². The van der Waals surface area contributed by atoms with Gasteiger partial charge in [0.05, 0.1) is 12.2 Å². The molecule has 112 valence electrons. The van der Waals surface area contributed by atoms with E-state index in [1.165, 1.54) is 6.92 Å². The molecule has 2 atom stereocenters. The van der Waals surface area contributed by atoms with Crippen LogP contribution in [0.4, 0.5) is 13.2 Å². The predicted molar refractivity (Wildman–Crippen MR) is 59.7 cm³/mol. The van der Waals surface area contributed by atoms with E-state index in [9.17, 15) is 33.0 Å². The lowest BCUT2D eigenvalue weighted by molar-refractivity contribution is -0.159. The number of aromatic nitrogens is 1. The first-order valence-electron chi connectivity index (χ1n) is 5.51. The van der Waals surface area contributed by atoms with Crippen LogP contribution < -0.4 is 5.56 Å². The molecule has 1 heterocycles. The van der Waals surface area contributed by atoms with E-state index in [-0.39, 0.29) is 6.61 Å². The number of halogens is 3. The minimum absolute atomic E-state index is 0.0957. The Kier molecular flexibility index (Phi) is 4.90. The summed E-state index contributed by atoms with van der Waals surface area (Å²) in [7, 11) is 0. The summed E-state index contributed by atoms with van der Waals surface area (Å²) >= 11 is 0. The fraction of sp³-hybridized carbons (Fsp3) is 0.455. The number of ether oxygens (including phenoxy) is 1. The molecule has 20 heavy (non-hydrogen) atoms. The van der Waals surface area contributed by atoms with Crippen molar-refractivity contribution in [2.75, 3.05) is 6.61 Å². The summed E-state index contributed by atoms with van der Waals surface area (Å²) in [4.78, 5) is 24.3. The molecule has 9 heteroatoms. The molecule has 0 saturated carbocycles. The van der Waals surface area contributed by atoms with E-state index in [0.29, 0.717) is 12.3 Å². The van der Waals surface area contributed by atoms with Gasteiger partial charge in [-0.25, -0.2) is 4.79 Å². The van der Waals surface area contributed by atoms with E-state index in [1.54, 1.807) is 4.98 Å². The molecule has 2 unspecified atom stereocenters. The van der Waals surface area contributed by atoms with E-state index in [2.05, 4.69) is 4.74 Å². The van der Waals surface area contributed by atoms with E-state index >= 15 is 0 Å². The number of hydrogen-bond donors (Lipinski definition) is 3. The van der Waals surface area contributed by atoms with E-state index in [4.69, 9.17) is 0 Å². The zero-order chi connectivity index (χ0) is 15.5. The second-order valence-corrected chi connectivity index (χ2v) is 3.81. The van der Waals surface area contributed by atoms with Crippen LogP contribution in [0.15, 0.2) is 17.1 Å². The van der Waals surface area contributed by atoms with Crippen LogP contribution in [0.25, 0.3) is 0 Å². The van der Waals surface area contributed by atoms with Crippen LogP contribution in [-0.2, 0) is 15.7 Å². The molecule has 0 bridgehead atoms. The van der Waals surface area contributed by atoms with Gasteiger partial charge in [0.25, 0.3) is 5.56 Å². The normalized spacial score (nSPS) is 14.7. The Morgan fingerprint density at radius 2 is 2.05 bits per heavy atom. The maximum atomic E-state index is 12.5. The highest BCUT2D eigenvalue weighted by atomic mass is 19.4. The van der Waals surface area contributed by atoms with Crippen LogP contribution in [0.2, 0.25) is 0 Å². The molecule has 0 aliphatic carbocycles. The zero-order valence-electron chi connectivity index (χ0n) is 10.3. The number of carbonyl (C=O) groups is 1. The van der Waals surface area contributed by atoms with Crippen molar-refractivity contribution in [3.8, 4) is 0 Å². The Hall–Kier alpha value is -1.87. The summed E-state index contributed by atoms with van der Waals surface area (Å²) < 4.78 is 41.9. The molecule has 0 aliphatic heterocycles. The van der Waals surface area contributed by atoms with Crippen LogP contribution in [0.1, 0.15) is 24.2 Å². The van der Waals surface area contributed by atoms with Crippen molar-refractivity contribution in [3.05, 3.63) is 33.7 Å². The average molecular weight is 295 g/mol. The van der Waals surface area contributed by atoms with Gasteiger partial charge in [-0.2, -0.15) is 13.2 Å². The van der Waals surface area contributed by atoms with E-state index in [1.807, 2.05) is 0 Å². The Morgan fingerprint density at radius 1 is 1.45 bits per heavy atom. The molecule has 0 amide bonds.